The molecule has 0 radical (unpaired) electrons. The first-order chi connectivity index (χ1) is 3.43. The van der Waals surface area contributed by atoms with Crippen molar-refractivity contribution in [2.45, 2.75) is 0 Å². The van der Waals surface area contributed by atoms with Gasteiger partial charge in [-0.05, 0) is 0 Å². The van der Waals surface area contributed by atoms with Crippen molar-refractivity contribution in [3.05, 3.63) is 22.4 Å². The van der Waals surface area contributed by atoms with Gasteiger partial charge in [0.1, 0.15) is 0 Å². The zero-order valence-corrected chi connectivity index (χ0v) is 7.71. The van der Waals surface area contributed by atoms with Gasteiger partial charge in [0.15, 0.2) is 0 Å². The van der Waals surface area contributed by atoms with Crippen LogP contribution in [0.4, 0.5) is 0 Å². The first kappa shape index (κ1) is 12.0. The van der Waals surface area contributed by atoms with Gasteiger partial charge < -0.3 is 12.4 Å². The molecule has 1 rings (SSSR count). The van der Waals surface area contributed by atoms with Gasteiger partial charge in [0.2, 0.25) is 0 Å². The quantitative estimate of drug-likeness (QED) is 0.242. The molecule has 9 heavy (non-hydrogen) atoms. The topological polar surface area (TPSA) is 0 Å². The fourth-order valence-electron chi connectivity index (χ4n) is 0.311. The Bertz CT molecular complexity index is 175. The minimum absolute atomic E-state index is 0. The van der Waals surface area contributed by atoms with Crippen LogP contribution < -0.4 is 12.4 Å². The van der Waals surface area contributed by atoms with Gasteiger partial charge in [0.05, 0.1) is 0 Å². The number of hydrogen-bond donors (Lipinski definition) is 0. The van der Waals surface area contributed by atoms with E-state index in [0.29, 0.717) is 0 Å². The van der Waals surface area contributed by atoms with Crippen molar-refractivity contribution >= 4 is 34.4 Å². The van der Waals surface area contributed by atoms with E-state index in [1.807, 2.05) is 11.4 Å². The third kappa shape index (κ3) is 3.82. The third-order valence-electron chi connectivity index (χ3n) is 0.627. The summed E-state index contributed by atoms with van der Waals surface area (Å²) in [5, 5.41) is 4.80. The van der Waals surface area contributed by atoms with Gasteiger partial charge in [0.25, 0.3) is 0 Å². The first-order valence-corrected chi connectivity index (χ1v) is 2.73. The molecule has 0 unspecified atom stereocenters. The molecule has 42 valence electrons. The van der Waals surface area contributed by atoms with Gasteiger partial charge in [-0.1, -0.05) is 5.38 Å². The fourth-order valence-corrected chi connectivity index (χ4v) is 0.837. The third-order valence-corrected chi connectivity index (χ3v) is 1.24. The van der Waals surface area contributed by atoms with Crippen molar-refractivity contribution < 1.29 is 12.4 Å². The summed E-state index contributed by atoms with van der Waals surface area (Å²) in [6.07, 6.45) is 5.02. The zero-order chi connectivity index (χ0) is 5.11. The molecule has 1 aromatic rings. The Morgan fingerprint density at radius 1 is 1.67 bits per heavy atom. The Balaban J connectivity index is 0. The summed E-state index contributed by atoms with van der Waals surface area (Å²) in [6, 6.07) is 1.87. The van der Waals surface area contributed by atoms with Crippen LogP contribution in [0.15, 0.2) is 11.4 Å². The summed E-state index contributed by atoms with van der Waals surface area (Å²) in [7, 11) is 0. The zero-order valence-electron chi connectivity index (χ0n) is 4.73. The van der Waals surface area contributed by atoms with E-state index in [2.05, 4.69) is 11.3 Å². The number of hydrogen-bond acceptors (Lipinski definition) is 1. The van der Waals surface area contributed by atoms with Crippen LogP contribution in [0.5, 0.6) is 0 Å². The Morgan fingerprint density at radius 3 is 2.56 bits per heavy atom. The van der Waals surface area contributed by atoms with E-state index in [9.17, 15) is 0 Å². The van der Waals surface area contributed by atoms with Crippen molar-refractivity contribution in [2.75, 3.05) is 0 Å². The first-order valence-electron chi connectivity index (χ1n) is 1.85. The average molecular weight is 167 g/mol. The molecule has 3 heteroatoms. The second-order valence-electron chi connectivity index (χ2n) is 1.08. The molecule has 1 aromatic heterocycles. The predicted molar refractivity (Wildman–Crippen MR) is 36.8 cm³/mol. The van der Waals surface area contributed by atoms with Crippen LogP contribution in [0.2, 0.25) is 0 Å². The van der Waals surface area contributed by atoms with E-state index in [1.54, 1.807) is 0 Å². The van der Waals surface area contributed by atoms with Gasteiger partial charge >= 0.3 is 23.1 Å². The standard InChI is InChI=1S/C6H3S.ClH.Mg/c1-2-6-3-4-7-5-6;;/h1,3-4H;1H;/q-1;;+2/p-1. The van der Waals surface area contributed by atoms with Gasteiger partial charge in [-0.15, -0.1) is 10.9 Å². The van der Waals surface area contributed by atoms with Crippen molar-refractivity contribution in [1.29, 1.82) is 0 Å². The SMILES string of the molecule is C#Cc1[c-]scc1.[Cl-].[Mg+2]. The molecule has 0 aliphatic carbocycles. The largest absolute Gasteiger partial charge is 2.00 e. The van der Waals surface area contributed by atoms with E-state index in [0.717, 1.165) is 5.56 Å². The smallest absolute Gasteiger partial charge is 1.00 e. The normalized spacial score (nSPS) is 6.11. The van der Waals surface area contributed by atoms with Crippen LogP contribution in [0.1, 0.15) is 5.56 Å². The van der Waals surface area contributed by atoms with Crippen LogP contribution in [0.3, 0.4) is 0 Å². The number of thiophene rings is 1. The van der Waals surface area contributed by atoms with E-state index in [4.69, 9.17) is 6.42 Å². The molecule has 0 saturated carbocycles. The molecule has 1 heterocycles. The van der Waals surface area contributed by atoms with Crippen LogP contribution in [0, 0.1) is 17.7 Å². The fraction of sp³-hybridized carbons (Fsp3) is 0. The molecule has 0 fully saturated rings. The maximum Gasteiger partial charge on any atom is 2.00 e. The van der Waals surface area contributed by atoms with Gasteiger partial charge in [0, 0.05) is 0 Å². The molecule has 0 saturated heterocycles. The molecule has 0 aromatic carbocycles. The van der Waals surface area contributed by atoms with E-state index < -0.39 is 0 Å². The molecule has 0 amide bonds. The van der Waals surface area contributed by atoms with Crippen LogP contribution >= 0.6 is 11.3 Å². The Labute approximate surface area is 81.2 Å². The van der Waals surface area contributed by atoms with E-state index in [1.165, 1.54) is 11.3 Å². The number of terminal acetylenes is 1. The molecule has 0 aliphatic heterocycles. The minimum Gasteiger partial charge on any atom is -1.00 e. The summed E-state index contributed by atoms with van der Waals surface area (Å²) in [6.45, 7) is 0. The van der Waals surface area contributed by atoms with Gasteiger partial charge in [-0.2, -0.15) is 18.4 Å². The summed E-state index contributed by atoms with van der Waals surface area (Å²) in [5.74, 6) is 2.46. The molecule has 0 atom stereocenters. The number of rotatable bonds is 0. The van der Waals surface area contributed by atoms with Crippen molar-refractivity contribution in [2.24, 2.45) is 0 Å². The molecule has 0 bridgehead atoms. The number of halogens is 1. The molecular weight excluding hydrogens is 164 g/mol. The summed E-state index contributed by atoms with van der Waals surface area (Å²) in [4.78, 5) is 0. The molecular formula is C6H3ClMgS. The molecule has 0 N–H and O–H groups in total. The monoisotopic (exact) mass is 166 g/mol. The van der Waals surface area contributed by atoms with Crippen LogP contribution in [-0.4, -0.2) is 23.1 Å². The summed E-state index contributed by atoms with van der Waals surface area (Å²) >= 11 is 1.50. The van der Waals surface area contributed by atoms with Crippen LogP contribution in [0.25, 0.3) is 0 Å². The van der Waals surface area contributed by atoms with Gasteiger partial charge in [-0.25, -0.2) is 0 Å². The predicted octanol–water partition coefficient (Wildman–Crippen LogP) is -1.85. The summed E-state index contributed by atoms with van der Waals surface area (Å²) in [5.41, 5.74) is 0.852. The summed E-state index contributed by atoms with van der Waals surface area (Å²) < 4.78 is 0. The minimum atomic E-state index is 0. The molecule has 0 nitrogen and oxygen atoms in total. The average Bonchev–Trinajstić information content (AvgIpc) is 2.14. The van der Waals surface area contributed by atoms with Crippen molar-refractivity contribution in [3.8, 4) is 12.3 Å². The Hall–Kier alpha value is 0.316. The van der Waals surface area contributed by atoms with E-state index >= 15 is 0 Å². The molecule has 0 spiro atoms. The maximum absolute atomic E-state index is 5.02. The van der Waals surface area contributed by atoms with Crippen molar-refractivity contribution in [3.63, 3.8) is 0 Å². The van der Waals surface area contributed by atoms with Gasteiger partial charge in [-0.3, -0.25) is 11.3 Å². The Kier molecular flexibility index (Phi) is 8.61. The van der Waals surface area contributed by atoms with Crippen LogP contribution in [-0.2, 0) is 0 Å². The maximum atomic E-state index is 5.02. The van der Waals surface area contributed by atoms with Crippen molar-refractivity contribution in [1.82, 2.24) is 0 Å². The second-order valence-corrected chi connectivity index (χ2v) is 1.79. The Morgan fingerprint density at radius 2 is 2.33 bits per heavy atom. The van der Waals surface area contributed by atoms with E-state index in [-0.39, 0.29) is 35.5 Å². The molecule has 0 aliphatic rings. The second kappa shape index (κ2) is 6.44.